The highest BCUT2D eigenvalue weighted by Gasteiger charge is 2.19. The number of nitrogens with one attached hydrogen (secondary N) is 1. The van der Waals surface area contributed by atoms with Gasteiger partial charge in [0, 0.05) is 49.5 Å². The van der Waals surface area contributed by atoms with Gasteiger partial charge in [-0.2, -0.15) is 5.10 Å². The predicted molar refractivity (Wildman–Crippen MR) is 112 cm³/mol. The van der Waals surface area contributed by atoms with E-state index in [0.717, 1.165) is 36.9 Å². The Morgan fingerprint density at radius 1 is 1.14 bits per heavy atom. The molecular weight excluding hydrogens is 378 g/mol. The molecule has 1 aromatic carbocycles. The molecule has 0 spiro atoms. The number of rotatable bonds is 6. The third-order valence-electron chi connectivity index (χ3n) is 4.63. The smallest absolute Gasteiger partial charge is 0.267 e. The zero-order valence-electron chi connectivity index (χ0n) is 16.3. The molecule has 1 aliphatic rings. The normalized spacial score (nSPS) is 14.4. The molecule has 1 amide bonds. The minimum Gasteiger partial charge on any atom is -0.368 e. The summed E-state index contributed by atoms with van der Waals surface area (Å²) in [7, 11) is 0. The molecule has 8 heteroatoms. The fourth-order valence-corrected chi connectivity index (χ4v) is 3.28. The molecule has 0 aliphatic carbocycles. The summed E-state index contributed by atoms with van der Waals surface area (Å²) in [6.45, 7) is 7.77. The average Bonchev–Trinajstić information content (AvgIpc) is 2.68. The lowest BCUT2D eigenvalue weighted by atomic mass is 10.2. The summed E-state index contributed by atoms with van der Waals surface area (Å²) in [4.78, 5) is 28.5. The Balaban J connectivity index is 1.63. The second kappa shape index (κ2) is 9.10. The number of piperazine rings is 1. The molecule has 1 saturated heterocycles. The third-order valence-corrected chi connectivity index (χ3v) is 4.87. The van der Waals surface area contributed by atoms with Crippen LogP contribution in [0.4, 0.5) is 11.5 Å². The van der Waals surface area contributed by atoms with Crippen molar-refractivity contribution in [2.24, 2.45) is 5.92 Å². The zero-order valence-corrected chi connectivity index (χ0v) is 17.0. The first-order valence-electron chi connectivity index (χ1n) is 9.52. The van der Waals surface area contributed by atoms with E-state index >= 15 is 0 Å². The van der Waals surface area contributed by atoms with Crippen LogP contribution in [0.1, 0.15) is 13.8 Å². The Kier molecular flexibility index (Phi) is 6.57. The molecule has 1 fully saturated rings. The van der Waals surface area contributed by atoms with Gasteiger partial charge >= 0.3 is 0 Å². The average molecular weight is 404 g/mol. The topological polar surface area (TPSA) is 70.5 Å². The van der Waals surface area contributed by atoms with Crippen molar-refractivity contribution in [3.05, 3.63) is 51.8 Å². The Morgan fingerprint density at radius 2 is 1.86 bits per heavy atom. The van der Waals surface area contributed by atoms with E-state index in [0.29, 0.717) is 18.3 Å². The molecular formula is C20H26ClN5O2. The van der Waals surface area contributed by atoms with E-state index in [1.165, 1.54) is 10.7 Å². The van der Waals surface area contributed by atoms with E-state index in [2.05, 4.69) is 26.3 Å². The van der Waals surface area contributed by atoms with Crippen molar-refractivity contribution in [1.82, 2.24) is 15.1 Å². The Labute approximate surface area is 169 Å². The Bertz CT molecular complexity index is 875. The Hall–Kier alpha value is -2.54. The molecule has 0 atom stereocenters. The number of amides is 1. The fraction of sp³-hybridized carbons (Fsp3) is 0.450. The van der Waals surface area contributed by atoms with Gasteiger partial charge in [0.15, 0.2) is 0 Å². The summed E-state index contributed by atoms with van der Waals surface area (Å²) >= 11 is 6.09. The lowest BCUT2D eigenvalue weighted by Crippen LogP contribution is -2.47. The molecule has 0 bridgehead atoms. The molecule has 0 unspecified atom stereocenters. The van der Waals surface area contributed by atoms with Crippen molar-refractivity contribution in [1.29, 1.82) is 0 Å². The van der Waals surface area contributed by atoms with Crippen molar-refractivity contribution in [3.8, 4) is 0 Å². The summed E-state index contributed by atoms with van der Waals surface area (Å²) in [6.07, 6.45) is 0. The summed E-state index contributed by atoms with van der Waals surface area (Å²) in [6, 6.07) is 11.0. The van der Waals surface area contributed by atoms with E-state index < -0.39 is 0 Å². The highest BCUT2D eigenvalue weighted by molar-refractivity contribution is 6.30. The molecule has 0 saturated carbocycles. The number of nitrogens with zero attached hydrogens (tertiary/aromatic N) is 4. The number of halogens is 1. The van der Waals surface area contributed by atoms with Crippen LogP contribution in [0.25, 0.3) is 0 Å². The van der Waals surface area contributed by atoms with Gasteiger partial charge in [-0.25, -0.2) is 4.68 Å². The van der Waals surface area contributed by atoms with Crippen molar-refractivity contribution in [2.75, 3.05) is 42.5 Å². The zero-order chi connectivity index (χ0) is 20.1. The minimum atomic E-state index is -0.277. The summed E-state index contributed by atoms with van der Waals surface area (Å²) in [5, 5.41) is 7.95. The molecule has 7 nitrogen and oxygen atoms in total. The van der Waals surface area contributed by atoms with E-state index in [-0.39, 0.29) is 18.0 Å². The van der Waals surface area contributed by atoms with Gasteiger partial charge < -0.3 is 15.1 Å². The van der Waals surface area contributed by atoms with E-state index in [4.69, 9.17) is 11.6 Å². The van der Waals surface area contributed by atoms with Crippen LogP contribution < -0.4 is 20.7 Å². The van der Waals surface area contributed by atoms with Crippen LogP contribution in [0.15, 0.2) is 41.2 Å². The molecule has 28 heavy (non-hydrogen) atoms. The summed E-state index contributed by atoms with van der Waals surface area (Å²) in [5.41, 5.74) is 0.827. The van der Waals surface area contributed by atoms with Gasteiger partial charge in [-0.05, 0) is 30.2 Å². The van der Waals surface area contributed by atoms with Gasteiger partial charge in [0.2, 0.25) is 5.91 Å². The standard InChI is InChI=1S/C20H26ClN5O2/c1-15(2)13-22-19(27)14-26-20(28)7-6-18(23-26)25-10-8-24(9-11-25)17-5-3-4-16(21)12-17/h3-7,12,15H,8-11,13-14H2,1-2H3,(H,22,27). The van der Waals surface area contributed by atoms with Crippen LogP contribution in [-0.4, -0.2) is 48.4 Å². The van der Waals surface area contributed by atoms with Crippen LogP contribution in [0.2, 0.25) is 5.02 Å². The number of hydrogen-bond acceptors (Lipinski definition) is 5. The van der Waals surface area contributed by atoms with Crippen LogP contribution >= 0.6 is 11.6 Å². The molecule has 1 N–H and O–H groups in total. The van der Waals surface area contributed by atoms with Gasteiger partial charge in [0.05, 0.1) is 0 Å². The number of anilines is 2. The van der Waals surface area contributed by atoms with Gasteiger partial charge in [0.1, 0.15) is 12.4 Å². The molecule has 0 radical (unpaired) electrons. The monoisotopic (exact) mass is 403 g/mol. The second-order valence-electron chi connectivity index (χ2n) is 7.34. The van der Waals surface area contributed by atoms with Crippen LogP contribution in [0.3, 0.4) is 0 Å². The molecule has 2 heterocycles. The quantitative estimate of drug-likeness (QED) is 0.798. The minimum absolute atomic E-state index is 0.0676. The van der Waals surface area contributed by atoms with Gasteiger partial charge in [-0.15, -0.1) is 0 Å². The first-order chi connectivity index (χ1) is 13.4. The maximum atomic E-state index is 12.1. The van der Waals surface area contributed by atoms with Gasteiger partial charge in [-0.3, -0.25) is 9.59 Å². The maximum absolute atomic E-state index is 12.1. The molecule has 2 aromatic rings. The molecule has 150 valence electrons. The molecule has 3 rings (SSSR count). The SMILES string of the molecule is CC(C)CNC(=O)Cn1nc(N2CCN(c3cccc(Cl)c3)CC2)ccc1=O. The van der Waals surface area contributed by atoms with Crippen LogP contribution in [0.5, 0.6) is 0 Å². The Morgan fingerprint density at radius 3 is 2.54 bits per heavy atom. The first kappa shape index (κ1) is 20.2. The van der Waals surface area contributed by atoms with Crippen molar-refractivity contribution in [3.63, 3.8) is 0 Å². The van der Waals surface area contributed by atoms with Crippen LogP contribution in [0, 0.1) is 5.92 Å². The van der Waals surface area contributed by atoms with Crippen molar-refractivity contribution in [2.45, 2.75) is 20.4 Å². The highest BCUT2D eigenvalue weighted by Crippen LogP contribution is 2.22. The largest absolute Gasteiger partial charge is 0.368 e. The summed E-state index contributed by atoms with van der Waals surface area (Å²) in [5.74, 6) is 0.865. The van der Waals surface area contributed by atoms with Crippen molar-refractivity contribution < 1.29 is 4.79 Å². The maximum Gasteiger partial charge on any atom is 0.267 e. The van der Waals surface area contributed by atoms with E-state index in [1.54, 1.807) is 6.07 Å². The van der Waals surface area contributed by atoms with Crippen molar-refractivity contribution >= 4 is 29.0 Å². The highest BCUT2D eigenvalue weighted by atomic mass is 35.5. The summed E-state index contributed by atoms with van der Waals surface area (Å²) < 4.78 is 1.23. The first-order valence-corrected chi connectivity index (χ1v) is 9.90. The van der Waals surface area contributed by atoms with E-state index in [1.807, 2.05) is 32.0 Å². The number of aromatic nitrogens is 2. The van der Waals surface area contributed by atoms with E-state index in [9.17, 15) is 9.59 Å². The van der Waals surface area contributed by atoms with Crippen LogP contribution in [-0.2, 0) is 11.3 Å². The molecule has 1 aliphatic heterocycles. The predicted octanol–water partition coefficient (Wildman–Crippen LogP) is 2.00. The second-order valence-corrected chi connectivity index (χ2v) is 7.78. The lowest BCUT2D eigenvalue weighted by Gasteiger charge is -2.36. The number of benzene rings is 1. The lowest BCUT2D eigenvalue weighted by molar-refractivity contribution is -0.122. The third kappa shape index (κ3) is 5.25. The number of carbonyl (C=O) groups is 1. The van der Waals surface area contributed by atoms with Gasteiger partial charge in [0.25, 0.3) is 5.56 Å². The van der Waals surface area contributed by atoms with Gasteiger partial charge in [-0.1, -0.05) is 31.5 Å². The number of carbonyl (C=O) groups excluding carboxylic acids is 1. The fourth-order valence-electron chi connectivity index (χ4n) is 3.10. The molecule has 1 aromatic heterocycles. The number of hydrogen-bond donors (Lipinski definition) is 1.